The molecule has 0 fully saturated rings. The highest BCUT2D eigenvalue weighted by Crippen LogP contribution is 2.27. The van der Waals surface area contributed by atoms with Crippen LogP contribution in [-0.4, -0.2) is 33.1 Å². The largest absolute Gasteiger partial charge is 0.481 e. The summed E-state index contributed by atoms with van der Waals surface area (Å²) < 4.78 is 5.09. The number of aryl methyl sites for hydroxylation is 1. The van der Waals surface area contributed by atoms with E-state index in [4.69, 9.17) is 9.84 Å². The fraction of sp³-hybridized carbons (Fsp3) is 0.333. The Morgan fingerprint density at radius 2 is 2.32 bits per heavy atom. The van der Waals surface area contributed by atoms with Gasteiger partial charge in [-0.1, -0.05) is 0 Å². The highest BCUT2D eigenvalue weighted by molar-refractivity contribution is 7.15. The van der Waals surface area contributed by atoms with Gasteiger partial charge in [-0.3, -0.25) is 14.8 Å². The Hall–Kier alpha value is -1.86. The standard InChI is InChI=1S/C12H13N3O3S/c1-18-7-9-10(2-3-11(16)17)19-12(15-9)8-6-13-4-5-14-8/h4-6H,2-3,7H2,1H3,(H,16,17). The van der Waals surface area contributed by atoms with E-state index in [9.17, 15) is 4.79 Å². The maximum absolute atomic E-state index is 10.6. The molecule has 2 heterocycles. The molecule has 0 unspecified atom stereocenters. The minimum Gasteiger partial charge on any atom is -0.481 e. The van der Waals surface area contributed by atoms with Crippen LogP contribution in [0.2, 0.25) is 0 Å². The molecule has 0 radical (unpaired) electrons. The third-order valence-corrected chi connectivity index (χ3v) is 3.59. The maximum Gasteiger partial charge on any atom is 0.303 e. The molecule has 7 heteroatoms. The van der Waals surface area contributed by atoms with Gasteiger partial charge in [-0.15, -0.1) is 11.3 Å². The molecular weight excluding hydrogens is 266 g/mol. The van der Waals surface area contributed by atoms with E-state index in [-0.39, 0.29) is 6.42 Å². The molecule has 0 saturated heterocycles. The third kappa shape index (κ3) is 3.55. The lowest BCUT2D eigenvalue weighted by molar-refractivity contribution is -0.136. The molecule has 0 aliphatic heterocycles. The number of nitrogens with zero attached hydrogens (tertiary/aromatic N) is 3. The Balaban J connectivity index is 2.26. The highest BCUT2D eigenvalue weighted by Gasteiger charge is 2.14. The lowest BCUT2D eigenvalue weighted by atomic mass is 10.2. The summed E-state index contributed by atoms with van der Waals surface area (Å²) in [6.45, 7) is 0.367. The number of aromatic nitrogens is 3. The number of carbonyl (C=O) groups is 1. The van der Waals surface area contributed by atoms with Crippen molar-refractivity contribution in [2.24, 2.45) is 0 Å². The van der Waals surface area contributed by atoms with E-state index in [1.54, 1.807) is 25.7 Å². The van der Waals surface area contributed by atoms with Crippen LogP contribution in [0.1, 0.15) is 17.0 Å². The lowest BCUT2D eigenvalue weighted by Crippen LogP contribution is -1.99. The van der Waals surface area contributed by atoms with Crippen LogP contribution in [0.3, 0.4) is 0 Å². The van der Waals surface area contributed by atoms with Crippen molar-refractivity contribution in [3.63, 3.8) is 0 Å². The quantitative estimate of drug-likeness (QED) is 0.867. The zero-order chi connectivity index (χ0) is 13.7. The van der Waals surface area contributed by atoms with E-state index in [2.05, 4.69) is 15.0 Å². The van der Waals surface area contributed by atoms with Gasteiger partial charge in [-0.05, 0) is 6.42 Å². The van der Waals surface area contributed by atoms with E-state index >= 15 is 0 Å². The number of ether oxygens (including phenoxy) is 1. The van der Waals surface area contributed by atoms with Crippen LogP contribution in [-0.2, 0) is 22.6 Å². The van der Waals surface area contributed by atoms with Gasteiger partial charge in [0.2, 0.25) is 0 Å². The van der Waals surface area contributed by atoms with E-state index in [1.165, 1.54) is 11.3 Å². The Bertz CT molecular complexity index is 557. The van der Waals surface area contributed by atoms with Crippen molar-refractivity contribution in [2.75, 3.05) is 7.11 Å². The molecule has 0 aliphatic carbocycles. The maximum atomic E-state index is 10.6. The first-order valence-electron chi connectivity index (χ1n) is 5.66. The summed E-state index contributed by atoms with van der Waals surface area (Å²) >= 11 is 1.44. The molecule has 1 N–H and O–H groups in total. The van der Waals surface area contributed by atoms with Gasteiger partial charge in [0.1, 0.15) is 10.7 Å². The smallest absolute Gasteiger partial charge is 0.303 e. The molecule has 2 rings (SSSR count). The second-order valence-corrected chi connectivity index (χ2v) is 4.89. The van der Waals surface area contributed by atoms with Crippen LogP contribution in [0.25, 0.3) is 10.7 Å². The summed E-state index contributed by atoms with van der Waals surface area (Å²) in [6, 6.07) is 0. The Morgan fingerprint density at radius 3 is 2.95 bits per heavy atom. The van der Waals surface area contributed by atoms with Gasteiger partial charge in [0.25, 0.3) is 0 Å². The molecule has 6 nitrogen and oxygen atoms in total. The number of rotatable bonds is 6. The molecule has 0 spiro atoms. The second-order valence-electron chi connectivity index (χ2n) is 3.81. The van der Waals surface area contributed by atoms with Crippen molar-refractivity contribution >= 4 is 17.3 Å². The fourth-order valence-electron chi connectivity index (χ4n) is 1.57. The van der Waals surface area contributed by atoms with Crippen molar-refractivity contribution < 1.29 is 14.6 Å². The molecule has 0 atom stereocenters. The van der Waals surface area contributed by atoms with E-state index in [0.717, 1.165) is 15.6 Å². The van der Waals surface area contributed by atoms with Gasteiger partial charge in [0, 0.05) is 24.4 Å². The van der Waals surface area contributed by atoms with Crippen molar-refractivity contribution in [3.8, 4) is 10.7 Å². The molecule has 2 aromatic rings. The van der Waals surface area contributed by atoms with Gasteiger partial charge >= 0.3 is 5.97 Å². The first-order valence-corrected chi connectivity index (χ1v) is 6.48. The fourth-order valence-corrected chi connectivity index (χ4v) is 2.59. The summed E-state index contributed by atoms with van der Waals surface area (Å²) in [4.78, 5) is 24.2. The first-order chi connectivity index (χ1) is 9.20. The average molecular weight is 279 g/mol. The Morgan fingerprint density at radius 1 is 1.47 bits per heavy atom. The average Bonchev–Trinajstić information content (AvgIpc) is 2.81. The molecule has 0 aliphatic rings. The van der Waals surface area contributed by atoms with E-state index in [0.29, 0.717) is 18.7 Å². The van der Waals surface area contributed by atoms with Gasteiger partial charge in [-0.2, -0.15) is 0 Å². The molecule has 2 aromatic heterocycles. The molecule has 19 heavy (non-hydrogen) atoms. The number of hydrogen-bond donors (Lipinski definition) is 1. The Kier molecular flexibility index (Phi) is 4.53. The second kappa shape index (κ2) is 6.35. The monoisotopic (exact) mass is 279 g/mol. The summed E-state index contributed by atoms with van der Waals surface area (Å²) in [5, 5.41) is 9.49. The third-order valence-electron chi connectivity index (χ3n) is 2.41. The predicted molar refractivity (Wildman–Crippen MR) is 69.8 cm³/mol. The van der Waals surface area contributed by atoms with Crippen LogP contribution in [0.15, 0.2) is 18.6 Å². The first kappa shape index (κ1) is 13.6. The zero-order valence-corrected chi connectivity index (χ0v) is 11.2. The van der Waals surface area contributed by atoms with Crippen molar-refractivity contribution in [1.82, 2.24) is 15.0 Å². The Labute approximate surface area is 114 Å². The van der Waals surface area contributed by atoms with Crippen LogP contribution >= 0.6 is 11.3 Å². The van der Waals surface area contributed by atoms with Crippen molar-refractivity contribution in [3.05, 3.63) is 29.2 Å². The molecule has 0 bridgehead atoms. The minimum absolute atomic E-state index is 0.0822. The molecule has 0 saturated carbocycles. The van der Waals surface area contributed by atoms with Crippen molar-refractivity contribution in [2.45, 2.75) is 19.4 Å². The van der Waals surface area contributed by atoms with Gasteiger partial charge < -0.3 is 9.84 Å². The number of aliphatic carboxylic acids is 1. The van der Waals surface area contributed by atoms with Gasteiger partial charge in [0.05, 0.1) is 24.9 Å². The van der Waals surface area contributed by atoms with Crippen LogP contribution < -0.4 is 0 Å². The number of carboxylic acid groups (broad SMARTS) is 1. The van der Waals surface area contributed by atoms with Crippen LogP contribution in [0, 0.1) is 0 Å². The number of methoxy groups -OCH3 is 1. The number of carboxylic acids is 1. The highest BCUT2D eigenvalue weighted by atomic mass is 32.1. The van der Waals surface area contributed by atoms with Crippen molar-refractivity contribution in [1.29, 1.82) is 0 Å². The van der Waals surface area contributed by atoms with E-state index in [1.807, 2.05) is 0 Å². The number of thiazole rings is 1. The molecule has 100 valence electrons. The summed E-state index contributed by atoms with van der Waals surface area (Å²) in [5.74, 6) is -0.821. The summed E-state index contributed by atoms with van der Waals surface area (Å²) in [7, 11) is 1.59. The SMILES string of the molecule is COCc1nc(-c2cnccn2)sc1CCC(=O)O. The molecule has 0 amide bonds. The van der Waals surface area contributed by atoms with Gasteiger partial charge in [0.15, 0.2) is 0 Å². The molecular formula is C12H13N3O3S. The minimum atomic E-state index is -0.821. The zero-order valence-electron chi connectivity index (χ0n) is 10.4. The molecule has 0 aromatic carbocycles. The lowest BCUT2D eigenvalue weighted by Gasteiger charge is -1.98. The predicted octanol–water partition coefficient (Wildman–Crippen LogP) is 1.76. The number of hydrogen-bond acceptors (Lipinski definition) is 6. The van der Waals surface area contributed by atoms with E-state index < -0.39 is 5.97 Å². The topological polar surface area (TPSA) is 85.2 Å². The van der Waals surface area contributed by atoms with Gasteiger partial charge in [-0.25, -0.2) is 4.98 Å². The summed E-state index contributed by atoms with van der Waals surface area (Å²) in [6.07, 6.45) is 5.36. The van der Waals surface area contributed by atoms with Crippen LogP contribution in [0.5, 0.6) is 0 Å². The van der Waals surface area contributed by atoms with Crippen LogP contribution in [0.4, 0.5) is 0 Å². The summed E-state index contributed by atoms with van der Waals surface area (Å²) in [5.41, 5.74) is 1.46. The normalized spacial score (nSPS) is 10.6.